The van der Waals surface area contributed by atoms with E-state index in [1.54, 1.807) is 6.20 Å². The number of aromatic nitrogens is 1. The van der Waals surface area contributed by atoms with Crippen molar-refractivity contribution in [3.8, 4) is 0 Å². The number of aryl methyl sites for hydroxylation is 1. The molecular weight excluding hydrogens is 281 g/mol. The smallest absolute Gasteiger partial charge is 0.457 e. The van der Waals surface area contributed by atoms with Gasteiger partial charge >= 0.3 is 13.1 Å². The van der Waals surface area contributed by atoms with Gasteiger partial charge in [-0.2, -0.15) is 0 Å². The number of carbonyl (C=O) groups is 1. The van der Waals surface area contributed by atoms with E-state index < -0.39 is 5.97 Å². The fourth-order valence-electron chi connectivity index (χ4n) is 2.46. The Kier molecular flexibility index (Phi) is 4.92. The Labute approximate surface area is 132 Å². The van der Waals surface area contributed by atoms with Crippen molar-refractivity contribution in [2.24, 2.45) is 0 Å². The standard InChI is InChI=1S/C16H24BNO4/c1-15(2)16(3,4)22-17(21-15)10-6-8-12-9-7-11-18-13(12)14(19)20-5/h7,9,11H,6,8,10H2,1-5H3. The Morgan fingerprint density at radius 3 is 2.50 bits per heavy atom. The summed E-state index contributed by atoms with van der Waals surface area (Å²) in [6.07, 6.45) is 3.97. The highest BCUT2D eigenvalue weighted by Crippen LogP contribution is 2.38. The lowest BCUT2D eigenvalue weighted by Gasteiger charge is -2.32. The van der Waals surface area contributed by atoms with Gasteiger partial charge in [-0.05, 0) is 52.1 Å². The number of rotatable bonds is 5. The van der Waals surface area contributed by atoms with Crippen LogP contribution in [0.25, 0.3) is 0 Å². The maximum Gasteiger partial charge on any atom is 0.457 e. The van der Waals surface area contributed by atoms with E-state index in [0.29, 0.717) is 5.69 Å². The van der Waals surface area contributed by atoms with Gasteiger partial charge < -0.3 is 14.0 Å². The average molecular weight is 305 g/mol. The van der Waals surface area contributed by atoms with Crippen molar-refractivity contribution < 1.29 is 18.8 Å². The minimum absolute atomic E-state index is 0.205. The third-order valence-corrected chi connectivity index (χ3v) is 4.46. The molecule has 0 radical (unpaired) electrons. The normalized spacial score (nSPS) is 19.2. The van der Waals surface area contributed by atoms with Gasteiger partial charge in [0.25, 0.3) is 0 Å². The highest BCUT2D eigenvalue weighted by Gasteiger charge is 2.50. The molecule has 1 aromatic heterocycles. The molecule has 1 fully saturated rings. The van der Waals surface area contributed by atoms with E-state index in [0.717, 1.165) is 24.7 Å². The van der Waals surface area contributed by atoms with Gasteiger partial charge in [0.15, 0.2) is 5.69 Å². The molecule has 2 rings (SSSR count). The van der Waals surface area contributed by atoms with Crippen LogP contribution in [0.3, 0.4) is 0 Å². The van der Waals surface area contributed by atoms with Gasteiger partial charge in [0.05, 0.1) is 18.3 Å². The third-order valence-electron chi connectivity index (χ3n) is 4.46. The lowest BCUT2D eigenvalue weighted by atomic mass is 9.81. The number of hydrogen-bond donors (Lipinski definition) is 0. The summed E-state index contributed by atoms with van der Waals surface area (Å²) in [5.74, 6) is -0.397. The van der Waals surface area contributed by atoms with Crippen LogP contribution in [0.5, 0.6) is 0 Å². The number of ether oxygens (including phenoxy) is 1. The van der Waals surface area contributed by atoms with E-state index in [1.807, 2.05) is 39.8 Å². The van der Waals surface area contributed by atoms with Crippen LogP contribution in [0.4, 0.5) is 0 Å². The van der Waals surface area contributed by atoms with Gasteiger partial charge in [0.1, 0.15) is 0 Å². The number of nitrogens with zero attached hydrogens (tertiary/aromatic N) is 1. The van der Waals surface area contributed by atoms with Gasteiger partial charge in [-0.25, -0.2) is 9.78 Å². The number of esters is 1. The molecule has 0 bridgehead atoms. The van der Waals surface area contributed by atoms with Crippen molar-refractivity contribution in [1.82, 2.24) is 4.98 Å². The highest BCUT2D eigenvalue weighted by atomic mass is 16.7. The molecular formula is C16H24BNO4. The van der Waals surface area contributed by atoms with Gasteiger partial charge in [-0.15, -0.1) is 0 Å². The molecule has 22 heavy (non-hydrogen) atoms. The molecule has 0 N–H and O–H groups in total. The first-order valence-electron chi connectivity index (χ1n) is 7.65. The summed E-state index contributed by atoms with van der Waals surface area (Å²) in [6.45, 7) is 8.18. The van der Waals surface area contributed by atoms with Gasteiger partial charge in [0.2, 0.25) is 0 Å². The van der Waals surface area contributed by atoms with E-state index in [4.69, 9.17) is 14.0 Å². The van der Waals surface area contributed by atoms with Crippen molar-refractivity contribution in [2.75, 3.05) is 7.11 Å². The van der Waals surface area contributed by atoms with Crippen LogP contribution in [-0.2, 0) is 20.5 Å². The van der Waals surface area contributed by atoms with Crippen LogP contribution >= 0.6 is 0 Å². The second-order valence-corrected chi connectivity index (χ2v) is 6.58. The zero-order valence-corrected chi connectivity index (χ0v) is 14.0. The lowest BCUT2D eigenvalue weighted by Crippen LogP contribution is -2.41. The first-order chi connectivity index (χ1) is 10.3. The molecule has 2 heterocycles. The summed E-state index contributed by atoms with van der Waals surface area (Å²) in [5.41, 5.74) is 0.677. The van der Waals surface area contributed by atoms with Crippen LogP contribution in [0.2, 0.25) is 6.32 Å². The second kappa shape index (κ2) is 6.38. The summed E-state index contributed by atoms with van der Waals surface area (Å²) in [4.78, 5) is 15.8. The van der Waals surface area contributed by atoms with Crippen molar-refractivity contribution >= 4 is 13.1 Å². The lowest BCUT2D eigenvalue weighted by molar-refractivity contribution is 0.00578. The van der Waals surface area contributed by atoms with Crippen molar-refractivity contribution in [3.63, 3.8) is 0 Å². The molecule has 6 heteroatoms. The second-order valence-electron chi connectivity index (χ2n) is 6.58. The van der Waals surface area contributed by atoms with Gasteiger partial charge in [0, 0.05) is 6.20 Å². The molecule has 0 amide bonds. The highest BCUT2D eigenvalue weighted by molar-refractivity contribution is 6.45. The summed E-state index contributed by atoms with van der Waals surface area (Å²) < 4.78 is 16.7. The van der Waals surface area contributed by atoms with Crippen LogP contribution in [0.1, 0.15) is 50.2 Å². The van der Waals surface area contributed by atoms with Crippen molar-refractivity contribution in [1.29, 1.82) is 0 Å². The molecule has 0 saturated carbocycles. The summed E-state index contributed by atoms with van der Waals surface area (Å²) in [7, 11) is 1.16. The SMILES string of the molecule is COC(=O)c1ncccc1CCCB1OC(C)(C)C(C)(C)O1. The Morgan fingerprint density at radius 1 is 1.27 bits per heavy atom. The summed E-state index contributed by atoms with van der Waals surface area (Å²) in [5, 5.41) is 0. The molecule has 1 saturated heterocycles. The third kappa shape index (κ3) is 3.50. The summed E-state index contributed by atoms with van der Waals surface area (Å²) in [6, 6.07) is 3.74. The van der Waals surface area contributed by atoms with Gasteiger partial charge in [-0.3, -0.25) is 0 Å². The number of pyridine rings is 1. The first-order valence-corrected chi connectivity index (χ1v) is 7.65. The molecule has 0 spiro atoms. The topological polar surface area (TPSA) is 57.7 Å². The summed E-state index contributed by atoms with van der Waals surface area (Å²) >= 11 is 0. The van der Waals surface area contributed by atoms with Crippen LogP contribution in [0, 0.1) is 0 Å². The van der Waals surface area contributed by atoms with E-state index >= 15 is 0 Å². The monoisotopic (exact) mass is 305 g/mol. The predicted molar refractivity (Wildman–Crippen MR) is 84.8 cm³/mol. The van der Waals surface area contributed by atoms with E-state index in [9.17, 15) is 4.79 Å². The molecule has 0 aromatic carbocycles. The molecule has 120 valence electrons. The zero-order chi connectivity index (χ0) is 16.4. The molecule has 0 aliphatic carbocycles. The fraction of sp³-hybridized carbons (Fsp3) is 0.625. The minimum Gasteiger partial charge on any atom is -0.464 e. The van der Waals surface area contributed by atoms with E-state index in [-0.39, 0.29) is 18.3 Å². The van der Waals surface area contributed by atoms with Crippen molar-refractivity contribution in [3.05, 3.63) is 29.6 Å². The van der Waals surface area contributed by atoms with Crippen LogP contribution in [0.15, 0.2) is 18.3 Å². The molecule has 5 nitrogen and oxygen atoms in total. The minimum atomic E-state index is -0.397. The maximum atomic E-state index is 11.7. The largest absolute Gasteiger partial charge is 0.464 e. The number of carbonyl (C=O) groups excluding carboxylic acids is 1. The maximum absolute atomic E-state index is 11.7. The molecule has 0 unspecified atom stereocenters. The average Bonchev–Trinajstić information content (AvgIpc) is 2.66. The predicted octanol–water partition coefficient (Wildman–Crippen LogP) is 2.89. The fourth-order valence-corrected chi connectivity index (χ4v) is 2.46. The van der Waals surface area contributed by atoms with Crippen LogP contribution in [-0.4, -0.2) is 36.4 Å². The zero-order valence-electron chi connectivity index (χ0n) is 14.0. The number of hydrogen-bond acceptors (Lipinski definition) is 5. The quantitative estimate of drug-likeness (QED) is 0.618. The van der Waals surface area contributed by atoms with Crippen LogP contribution < -0.4 is 0 Å². The molecule has 1 aromatic rings. The Bertz CT molecular complexity index is 529. The Morgan fingerprint density at radius 2 is 1.91 bits per heavy atom. The molecule has 0 atom stereocenters. The van der Waals surface area contributed by atoms with E-state index in [1.165, 1.54) is 7.11 Å². The number of methoxy groups -OCH3 is 1. The van der Waals surface area contributed by atoms with Gasteiger partial charge in [-0.1, -0.05) is 12.5 Å². The Balaban J connectivity index is 1.92. The Hall–Kier alpha value is -1.40. The molecule has 1 aliphatic rings. The van der Waals surface area contributed by atoms with E-state index in [2.05, 4.69) is 4.98 Å². The molecule has 1 aliphatic heterocycles. The van der Waals surface area contributed by atoms with Crippen molar-refractivity contribution in [2.45, 2.75) is 58.1 Å². The first kappa shape index (κ1) is 17.0.